The van der Waals surface area contributed by atoms with Crippen LogP contribution in [0.25, 0.3) is 17.0 Å². The van der Waals surface area contributed by atoms with Crippen LogP contribution in [0, 0.1) is 0 Å². The number of carbonyl (C=O) groups excluding carboxylic acids is 1. The van der Waals surface area contributed by atoms with Crippen molar-refractivity contribution in [2.24, 2.45) is 0 Å². The van der Waals surface area contributed by atoms with Crippen LogP contribution in [0.15, 0.2) is 48.7 Å². The second-order valence-corrected chi connectivity index (χ2v) is 8.06. The van der Waals surface area contributed by atoms with E-state index in [9.17, 15) is 9.90 Å². The molecule has 32 heavy (non-hydrogen) atoms. The molecule has 0 aliphatic heterocycles. The first kappa shape index (κ1) is 22.1. The molecule has 0 saturated heterocycles. The van der Waals surface area contributed by atoms with E-state index < -0.39 is 5.91 Å². The SMILES string of the molecule is COc1ccc2c(CCN(CCO)[C@@H]3CCc4cc(C=CC(=O)NO)ccc43)c[nH]c2c1. The zero-order valence-electron chi connectivity index (χ0n) is 18.2. The van der Waals surface area contributed by atoms with Gasteiger partial charge in [0.15, 0.2) is 0 Å². The number of aliphatic hydroxyl groups excluding tert-OH is 1. The molecule has 1 atom stereocenters. The van der Waals surface area contributed by atoms with E-state index in [1.54, 1.807) is 18.7 Å². The van der Waals surface area contributed by atoms with Gasteiger partial charge in [-0.05, 0) is 59.7 Å². The van der Waals surface area contributed by atoms with Gasteiger partial charge in [0, 0.05) is 48.4 Å². The van der Waals surface area contributed by atoms with Gasteiger partial charge in [0.2, 0.25) is 0 Å². The van der Waals surface area contributed by atoms with Crippen LogP contribution in [0.2, 0.25) is 0 Å². The smallest absolute Gasteiger partial charge is 0.267 e. The van der Waals surface area contributed by atoms with Gasteiger partial charge in [0.25, 0.3) is 5.91 Å². The van der Waals surface area contributed by atoms with Gasteiger partial charge in [-0.15, -0.1) is 0 Å². The maximum absolute atomic E-state index is 11.2. The largest absolute Gasteiger partial charge is 0.497 e. The number of methoxy groups -OCH3 is 1. The molecule has 0 bridgehead atoms. The number of hydrogen-bond donors (Lipinski definition) is 4. The number of fused-ring (bicyclic) bond motifs is 2. The molecular weight excluding hydrogens is 406 g/mol. The average molecular weight is 436 g/mol. The molecule has 1 heterocycles. The number of hydroxylamine groups is 1. The molecule has 1 aliphatic rings. The van der Waals surface area contributed by atoms with Crippen LogP contribution in [0.1, 0.15) is 34.7 Å². The summed E-state index contributed by atoms with van der Waals surface area (Å²) < 4.78 is 5.31. The number of aromatic nitrogens is 1. The third-order valence-corrected chi connectivity index (χ3v) is 6.22. The number of amides is 1. The first-order valence-electron chi connectivity index (χ1n) is 10.9. The molecule has 3 aromatic rings. The van der Waals surface area contributed by atoms with Crippen LogP contribution in [-0.2, 0) is 17.6 Å². The summed E-state index contributed by atoms with van der Waals surface area (Å²) in [5.74, 6) is 0.287. The van der Waals surface area contributed by atoms with Gasteiger partial charge in [-0.2, -0.15) is 0 Å². The van der Waals surface area contributed by atoms with Gasteiger partial charge in [0.05, 0.1) is 13.7 Å². The van der Waals surface area contributed by atoms with Crippen LogP contribution in [0.3, 0.4) is 0 Å². The number of hydrogen-bond acceptors (Lipinski definition) is 5. The Bertz CT molecular complexity index is 1120. The minimum atomic E-state index is -0.548. The molecule has 7 heteroatoms. The lowest BCUT2D eigenvalue weighted by Gasteiger charge is -2.29. The van der Waals surface area contributed by atoms with Crippen molar-refractivity contribution in [1.82, 2.24) is 15.4 Å². The number of nitrogens with one attached hydrogen (secondary N) is 2. The zero-order valence-corrected chi connectivity index (χ0v) is 18.2. The van der Waals surface area contributed by atoms with Crippen LogP contribution >= 0.6 is 0 Å². The van der Waals surface area contributed by atoms with E-state index in [0.29, 0.717) is 6.54 Å². The molecule has 0 unspecified atom stereocenters. The van der Waals surface area contributed by atoms with Crippen molar-refractivity contribution >= 4 is 22.9 Å². The monoisotopic (exact) mass is 435 g/mol. The van der Waals surface area contributed by atoms with E-state index >= 15 is 0 Å². The minimum absolute atomic E-state index is 0.119. The van der Waals surface area contributed by atoms with Gasteiger partial charge in [0.1, 0.15) is 5.75 Å². The summed E-state index contributed by atoms with van der Waals surface area (Å²) in [6, 6.07) is 12.5. The lowest BCUT2D eigenvalue weighted by atomic mass is 10.0. The highest BCUT2D eigenvalue weighted by atomic mass is 16.5. The number of rotatable bonds is 9. The molecule has 168 valence electrons. The van der Waals surface area contributed by atoms with Crippen LogP contribution in [0.4, 0.5) is 0 Å². The van der Waals surface area contributed by atoms with E-state index in [0.717, 1.165) is 42.6 Å². The fourth-order valence-corrected chi connectivity index (χ4v) is 4.62. The molecular formula is C25H29N3O4. The molecule has 4 N–H and O–H groups in total. The second kappa shape index (κ2) is 9.99. The fraction of sp³-hybridized carbons (Fsp3) is 0.320. The van der Waals surface area contributed by atoms with Crippen molar-refractivity contribution in [2.45, 2.75) is 25.3 Å². The predicted molar refractivity (Wildman–Crippen MR) is 124 cm³/mol. The summed E-state index contributed by atoms with van der Waals surface area (Å²) in [6.07, 6.45) is 7.91. The number of aryl methyl sites for hydroxylation is 1. The topological polar surface area (TPSA) is 97.8 Å². The minimum Gasteiger partial charge on any atom is -0.497 e. The Balaban J connectivity index is 1.48. The molecule has 4 rings (SSSR count). The summed E-state index contributed by atoms with van der Waals surface area (Å²) >= 11 is 0. The number of benzene rings is 2. The van der Waals surface area contributed by atoms with Crippen molar-refractivity contribution in [3.63, 3.8) is 0 Å². The molecule has 2 aromatic carbocycles. The first-order chi connectivity index (χ1) is 15.6. The van der Waals surface area contributed by atoms with Crippen molar-refractivity contribution < 1.29 is 19.8 Å². The van der Waals surface area contributed by atoms with Gasteiger partial charge in [-0.25, -0.2) is 5.48 Å². The second-order valence-electron chi connectivity index (χ2n) is 8.06. The molecule has 1 aromatic heterocycles. The van der Waals surface area contributed by atoms with Crippen molar-refractivity contribution in [3.05, 3.63) is 70.9 Å². The lowest BCUT2D eigenvalue weighted by Crippen LogP contribution is -2.32. The summed E-state index contributed by atoms with van der Waals surface area (Å²) in [4.78, 5) is 16.9. The Morgan fingerprint density at radius 2 is 2.16 bits per heavy atom. The average Bonchev–Trinajstić information content (AvgIpc) is 3.43. The van der Waals surface area contributed by atoms with Crippen molar-refractivity contribution in [1.29, 1.82) is 0 Å². The van der Waals surface area contributed by atoms with E-state index in [-0.39, 0.29) is 12.6 Å². The van der Waals surface area contributed by atoms with Gasteiger partial charge in [-0.3, -0.25) is 14.9 Å². The van der Waals surface area contributed by atoms with Gasteiger partial charge < -0.3 is 14.8 Å². The third kappa shape index (κ3) is 4.70. The molecule has 1 aliphatic carbocycles. The molecule has 0 radical (unpaired) electrons. The Labute approximate surface area is 187 Å². The van der Waals surface area contributed by atoms with Crippen LogP contribution < -0.4 is 10.2 Å². The Hall–Kier alpha value is -3.13. The normalized spacial score (nSPS) is 15.6. The Kier molecular flexibility index (Phi) is 6.90. The van der Waals surface area contributed by atoms with Crippen molar-refractivity contribution in [3.8, 4) is 5.75 Å². The van der Waals surface area contributed by atoms with Crippen molar-refractivity contribution in [2.75, 3.05) is 26.8 Å². The highest BCUT2D eigenvalue weighted by molar-refractivity contribution is 5.90. The Morgan fingerprint density at radius 3 is 2.94 bits per heavy atom. The van der Waals surface area contributed by atoms with E-state index in [4.69, 9.17) is 9.94 Å². The number of nitrogens with zero attached hydrogens (tertiary/aromatic N) is 1. The van der Waals surface area contributed by atoms with Gasteiger partial charge >= 0.3 is 0 Å². The molecule has 0 spiro atoms. The summed E-state index contributed by atoms with van der Waals surface area (Å²) in [5, 5.41) is 19.5. The first-order valence-corrected chi connectivity index (χ1v) is 10.9. The summed E-state index contributed by atoms with van der Waals surface area (Å²) in [7, 11) is 1.67. The standard InChI is InChI=1S/C25H29N3O4/c1-32-20-5-7-21-19(16-26-23(21)15-20)10-11-28(12-13-29)24-8-4-18-14-17(2-6-22(18)24)3-9-25(30)27-31/h2-3,5-7,9,14-16,24,26,29,31H,4,8,10-13H2,1H3,(H,27,30)/t24-/m1/s1. The number of aliphatic hydroxyl groups is 1. The molecule has 0 saturated carbocycles. The summed E-state index contributed by atoms with van der Waals surface area (Å²) in [5.41, 5.74) is 7.40. The number of H-pyrrole nitrogens is 1. The quantitative estimate of drug-likeness (QED) is 0.235. The lowest BCUT2D eigenvalue weighted by molar-refractivity contribution is -0.124. The maximum atomic E-state index is 11.2. The van der Waals surface area contributed by atoms with Crippen LogP contribution in [0.5, 0.6) is 5.75 Å². The van der Waals surface area contributed by atoms with Crippen LogP contribution in [-0.4, -0.2) is 52.9 Å². The molecule has 7 nitrogen and oxygen atoms in total. The zero-order chi connectivity index (χ0) is 22.5. The van der Waals surface area contributed by atoms with Gasteiger partial charge in [-0.1, -0.05) is 18.2 Å². The number of carbonyl (C=O) groups is 1. The molecule has 1 amide bonds. The number of ether oxygens (including phenoxy) is 1. The third-order valence-electron chi connectivity index (χ3n) is 6.22. The van der Waals surface area contributed by atoms with E-state index in [2.05, 4.69) is 34.3 Å². The number of aromatic amines is 1. The highest BCUT2D eigenvalue weighted by Gasteiger charge is 2.27. The predicted octanol–water partition coefficient (Wildman–Crippen LogP) is 3.22. The van der Waals surface area contributed by atoms with E-state index in [1.165, 1.54) is 28.2 Å². The maximum Gasteiger partial charge on any atom is 0.267 e. The fourth-order valence-electron chi connectivity index (χ4n) is 4.62. The Morgan fingerprint density at radius 1 is 1.28 bits per heavy atom. The van der Waals surface area contributed by atoms with E-state index in [1.807, 2.05) is 18.2 Å². The molecule has 0 fully saturated rings. The summed E-state index contributed by atoms with van der Waals surface area (Å²) in [6.45, 7) is 1.59. The highest BCUT2D eigenvalue weighted by Crippen LogP contribution is 2.36.